The quantitative estimate of drug-likeness (QED) is 0.420. The van der Waals surface area contributed by atoms with Gasteiger partial charge < -0.3 is 14.8 Å². The summed E-state index contributed by atoms with van der Waals surface area (Å²) in [5.41, 5.74) is 1.46. The molecule has 1 N–H and O–H groups in total. The van der Waals surface area contributed by atoms with Crippen molar-refractivity contribution < 1.29 is 19.1 Å². The van der Waals surface area contributed by atoms with Gasteiger partial charge in [0.05, 0.1) is 12.2 Å². The van der Waals surface area contributed by atoms with E-state index in [9.17, 15) is 14.9 Å². The number of hydrogen-bond acceptors (Lipinski definition) is 7. The largest absolute Gasteiger partial charge is 0.479 e. The molecule has 0 bridgehead atoms. The van der Waals surface area contributed by atoms with Crippen molar-refractivity contribution in [2.75, 3.05) is 18.5 Å². The molecule has 0 spiro atoms. The van der Waals surface area contributed by atoms with Crippen LogP contribution in [0.1, 0.15) is 33.3 Å². The number of esters is 1. The fourth-order valence-electron chi connectivity index (χ4n) is 2.46. The molecule has 1 aromatic carbocycles. The Kier molecular flexibility index (Phi) is 7.53. The minimum atomic E-state index is -0.636. The summed E-state index contributed by atoms with van der Waals surface area (Å²) in [6.07, 6.45) is 1.41. The molecule has 0 atom stereocenters. The molecule has 1 amide bonds. The van der Waals surface area contributed by atoms with Crippen molar-refractivity contribution in [1.29, 1.82) is 10.5 Å². The number of aryl methyl sites for hydroxylation is 1. The molecule has 0 fully saturated rings. The van der Waals surface area contributed by atoms with E-state index in [0.29, 0.717) is 21.9 Å². The molecule has 0 saturated carbocycles. The highest BCUT2D eigenvalue weighted by Gasteiger charge is 2.23. The van der Waals surface area contributed by atoms with Gasteiger partial charge >= 0.3 is 5.97 Å². The maximum absolute atomic E-state index is 12.6. The Bertz CT molecular complexity index is 1040. The summed E-state index contributed by atoms with van der Waals surface area (Å²) in [7, 11) is 0. The SMILES string of the molecule is CCOC(=O)c1c(NC(=O)/C(C#N)=C/c2cccc(OCC#N)c2)sc(C)c1C. The Morgan fingerprint density at radius 2 is 2.03 bits per heavy atom. The maximum atomic E-state index is 12.6. The standard InChI is InChI=1S/C21H19N3O4S/c1-4-27-21(26)18-13(2)14(3)29-20(18)24-19(25)16(12-23)10-15-6-5-7-17(11-15)28-9-8-22/h5-7,10-11H,4,9H2,1-3H3,(H,24,25)/b16-10+. The van der Waals surface area contributed by atoms with Crippen LogP contribution in [0.4, 0.5) is 5.00 Å². The third-order valence-electron chi connectivity index (χ3n) is 3.93. The van der Waals surface area contributed by atoms with Crippen molar-refractivity contribution in [1.82, 2.24) is 0 Å². The highest BCUT2D eigenvalue weighted by atomic mass is 32.1. The van der Waals surface area contributed by atoms with E-state index in [2.05, 4.69) is 5.32 Å². The Morgan fingerprint density at radius 1 is 1.28 bits per heavy atom. The topological polar surface area (TPSA) is 112 Å². The lowest BCUT2D eigenvalue weighted by Crippen LogP contribution is -2.16. The first-order valence-corrected chi connectivity index (χ1v) is 9.53. The summed E-state index contributed by atoms with van der Waals surface area (Å²) in [4.78, 5) is 25.8. The first-order valence-electron chi connectivity index (χ1n) is 8.71. The van der Waals surface area contributed by atoms with Gasteiger partial charge in [-0.15, -0.1) is 11.3 Å². The number of anilines is 1. The zero-order valence-corrected chi connectivity index (χ0v) is 17.1. The van der Waals surface area contributed by atoms with Crippen LogP contribution < -0.4 is 10.1 Å². The average Bonchev–Trinajstić information content (AvgIpc) is 2.98. The first-order chi connectivity index (χ1) is 13.9. The molecule has 2 aromatic rings. The van der Waals surface area contributed by atoms with Crippen LogP contribution in [0.25, 0.3) is 6.08 Å². The van der Waals surface area contributed by atoms with E-state index in [-0.39, 0.29) is 18.8 Å². The Morgan fingerprint density at radius 3 is 2.69 bits per heavy atom. The highest BCUT2D eigenvalue weighted by Crippen LogP contribution is 2.33. The molecule has 0 radical (unpaired) electrons. The number of carbonyl (C=O) groups is 2. The molecule has 0 unspecified atom stereocenters. The maximum Gasteiger partial charge on any atom is 0.341 e. The molecule has 0 aliphatic heterocycles. The number of nitrogens with zero attached hydrogens (tertiary/aromatic N) is 2. The van der Waals surface area contributed by atoms with Gasteiger partial charge in [-0.3, -0.25) is 4.79 Å². The van der Waals surface area contributed by atoms with E-state index < -0.39 is 11.9 Å². The summed E-state index contributed by atoms with van der Waals surface area (Å²) in [5.74, 6) is -0.704. The Balaban J connectivity index is 2.29. The number of rotatable bonds is 7. The molecule has 0 aliphatic carbocycles. The van der Waals surface area contributed by atoms with Gasteiger partial charge in [-0.05, 0) is 50.1 Å². The van der Waals surface area contributed by atoms with E-state index >= 15 is 0 Å². The number of carbonyl (C=O) groups excluding carboxylic acids is 2. The number of amides is 1. The molecule has 7 nitrogen and oxygen atoms in total. The van der Waals surface area contributed by atoms with Gasteiger partial charge in [-0.2, -0.15) is 10.5 Å². The fraction of sp³-hybridized carbons (Fsp3) is 0.238. The van der Waals surface area contributed by atoms with Crippen LogP contribution in [0, 0.1) is 36.5 Å². The molecular weight excluding hydrogens is 390 g/mol. The Labute approximate surface area is 172 Å². The number of benzene rings is 1. The highest BCUT2D eigenvalue weighted by molar-refractivity contribution is 7.16. The molecule has 148 valence electrons. The van der Waals surface area contributed by atoms with Crippen LogP contribution >= 0.6 is 11.3 Å². The molecule has 1 heterocycles. The number of nitriles is 2. The van der Waals surface area contributed by atoms with Gasteiger partial charge in [0.25, 0.3) is 5.91 Å². The second-order valence-corrected chi connectivity index (χ2v) is 7.08. The zero-order valence-electron chi connectivity index (χ0n) is 16.2. The van der Waals surface area contributed by atoms with Crippen molar-refractivity contribution in [2.24, 2.45) is 0 Å². The second kappa shape index (κ2) is 10.1. The van der Waals surface area contributed by atoms with Gasteiger partial charge in [0.2, 0.25) is 0 Å². The van der Waals surface area contributed by atoms with E-state index in [4.69, 9.17) is 14.7 Å². The van der Waals surface area contributed by atoms with Crippen LogP contribution in [-0.4, -0.2) is 25.1 Å². The number of hydrogen-bond donors (Lipinski definition) is 1. The first kappa shape index (κ1) is 21.7. The normalized spacial score (nSPS) is 10.6. The summed E-state index contributed by atoms with van der Waals surface area (Å²) in [6.45, 7) is 5.43. The monoisotopic (exact) mass is 409 g/mol. The van der Waals surface area contributed by atoms with Crippen LogP contribution in [0.3, 0.4) is 0 Å². The van der Waals surface area contributed by atoms with E-state index in [1.54, 1.807) is 38.1 Å². The zero-order chi connectivity index (χ0) is 21.4. The summed E-state index contributed by atoms with van der Waals surface area (Å²) in [5, 5.41) is 21.0. The number of thiophene rings is 1. The average molecular weight is 409 g/mol. The summed E-state index contributed by atoms with van der Waals surface area (Å²) < 4.78 is 10.3. The van der Waals surface area contributed by atoms with Gasteiger partial charge in [0.1, 0.15) is 28.5 Å². The molecule has 8 heteroatoms. The number of ether oxygens (including phenoxy) is 2. The van der Waals surface area contributed by atoms with E-state index in [0.717, 1.165) is 10.4 Å². The summed E-state index contributed by atoms with van der Waals surface area (Å²) in [6, 6.07) is 10.4. The molecule has 0 aliphatic rings. The molecule has 29 heavy (non-hydrogen) atoms. The van der Waals surface area contributed by atoms with E-state index in [1.165, 1.54) is 17.4 Å². The van der Waals surface area contributed by atoms with Crippen LogP contribution in [0.2, 0.25) is 0 Å². The Hall–Kier alpha value is -3.62. The van der Waals surface area contributed by atoms with Crippen LogP contribution in [0.5, 0.6) is 5.75 Å². The van der Waals surface area contributed by atoms with E-state index in [1.807, 2.05) is 19.1 Å². The lowest BCUT2D eigenvalue weighted by Gasteiger charge is -2.07. The minimum Gasteiger partial charge on any atom is -0.479 e. The van der Waals surface area contributed by atoms with Gasteiger partial charge in [0.15, 0.2) is 6.61 Å². The van der Waals surface area contributed by atoms with Gasteiger partial charge in [-0.25, -0.2) is 4.79 Å². The van der Waals surface area contributed by atoms with Crippen LogP contribution in [0.15, 0.2) is 29.8 Å². The molecule has 0 saturated heterocycles. The van der Waals surface area contributed by atoms with Crippen LogP contribution in [-0.2, 0) is 9.53 Å². The second-order valence-electron chi connectivity index (χ2n) is 5.85. The summed E-state index contributed by atoms with van der Waals surface area (Å²) >= 11 is 1.25. The van der Waals surface area contributed by atoms with Crippen molar-refractivity contribution in [2.45, 2.75) is 20.8 Å². The molecule has 1 aromatic heterocycles. The van der Waals surface area contributed by atoms with Crippen molar-refractivity contribution in [3.63, 3.8) is 0 Å². The van der Waals surface area contributed by atoms with Crippen molar-refractivity contribution in [3.05, 3.63) is 51.4 Å². The third-order valence-corrected chi connectivity index (χ3v) is 5.05. The van der Waals surface area contributed by atoms with Gasteiger partial charge in [0, 0.05) is 4.88 Å². The third kappa shape index (κ3) is 5.44. The smallest absolute Gasteiger partial charge is 0.341 e. The lowest BCUT2D eigenvalue weighted by atomic mass is 10.1. The minimum absolute atomic E-state index is 0.105. The lowest BCUT2D eigenvalue weighted by molar-refractivity contribution is -0.112. The predicted molar refractivity (Wildman–Crippen MR) is 110 cm³/mol. The predicted octanol–water partition coefficient (Wildman–Crippen LogP) is 3.99. The molecule has 2 rings (SSSR count). The molecular formula is C21H19N3O4S. The van der Waals surface area contributed by atoms with Crippen molar-refractivity contribution in [3.8, 4) is 17.9 Å². The fourth-order valence-corrected chi connectivity index (χ4v) is 3.50. The number of nitrogens with one attached hydrogen (secondary N) is 1. The van der Waals surface area contributed by atoms with Gasteiger partial charge in [-0.1, -0.05) is 12.1 Å². The van der Waals surface area contributed by atoms with Crippen molar-refractivity contribution >= 4 is 34.3 Å².